The lowest BCUT2D eigenvalue weighted by Crippen LogP contribution is -2.30. The molecule has 2 rings (SSSR count). The fraction of sp³-hybridized carbons (Fsp3) is 0.300. The van der Waals surface area contributed by atoms with Gasteiger partial charge in [-0.25, -0.2) is 13.2 Å². The molecule has 0 fully saturated rings. The van der Waals surface area contributed by atoms with Gasteiger partial charge in [0, 0.05) is 24.3 Å². The number of rotatable bonds is 7. The highest BCUT2D eigenvalue weighted by atomic mass is 32.2. The number of carbonyl (C=O) groups is 2. The van der Waals surface area contributed by atoms with Gasteiger partial charge in [0.2, 0.25) is 0 Å². The van der Waals surface area contributed by atoms with E-state index < -0.39 is 16.0 Å². The van der Waals surface area contributed by atoms with Gasteiger partial charge in [0.1, 0.15) is 0 Å². The van der Waals surface area contributed by atoms with Crippen molar-refractivity contribution in [3.63, 3.8) is 0 Å². The van der Waals surface area contributed by atoms with E-state index in [1.165, 1.54) is 12.1 Å². The van der Waals surface area contributed by atoms with Gasteiger partial charge in [0.25, 0.3) is 15.9 Å². The van der Waals surface area contributed by atoms with E-state index in [-0.39, 0.29) is 22.1 Å². The third kappa shape index (κ3) is 4.51. The highest BCUT2D eigenvalue weighted by Gasteiger charge is 2.21. The minimum Gasteiger partial charge on any atom is -0.478 e. The van der Waals surface area contributed by atoms with E-state index in [4.69, 9.17) is 0 Å². The quantitative estimate of drug-likeness (QED) is 0.737. The van der Waals surface area contributed by atoms with E-state index in [0.29, 0.717) is 29.8 Å². The van der Waals surface area contributed by atoms with Crippen molar-refractivity contribution in [1.29, 1.82) is 0 Å². The van der Waals surface area contributed by atoms with Crippen molar-refractivity contribution in [1.82, 2.24) is 4.90 Å². The van der Waals surface area contributed by atoms with Crippen LogP contribution in [0.3, 0.4) is 0 Å². The predicted octanol–water partition coefficient (Wildman–Crippen LogP) is 3.28. The fourth-order valence-corrected chi connectivity index (χ4v) is 4.24. The number of anilines is 1. The van der Waals surface area contributed by atoms with Crippen molar-refractivity contribution in [2.24, 2.45) is 0 Å². The van der Waals surface area contributed by atoms with Gasteiger partial charge in [-0.05, 0) is 69.2 Å². The van der Waals surface area contributed by atoms with E-state index in [9.17, 15) is 23.1 Å². The van der Waals surface area contributed by atoms with Gasteiger partial charge < -0.3 is 10.0 Å². The number of benzene rings is 2. The summed E-state index contributed by atoms with van der Waals surface area (Å²) < 4.78 is 28.2. The summed E-state index contributed by atoms with van der Waals surface area (Å²) in [6.45, 7) is 8.11. The molecule has 1 amide bonds. The molecule has 0 aliphatic carbocycles. The van der Waals surface area contributed by atoms with Crippen LogP contribution in [0.15, 0.2) is 41.3 Å². The molecule has 0 saturated heterocycles. The van der Waals surface area contributed by atoms with Crippen LogP contribution in [0.4, 0.5) is 5.69 Å². The molecule has 0 aromatic heterocycles. The Morgan fingerprint density at radius 1 is 1.04 bits per heavy atom. The Morgan fingerprint density at radius 2 is 1.68 bits per heavy atom. The SMILES string of the molecule is CCN(CC)C(=O)c1cccc(NS(=O)(=O)c2cc(C(=O)O)cc(C)c2C)c1. The average molecular weight is 404 g/mol. The van der Waals surface area contributed by atoms with Crippen LogP contribution in [0.1, 0.15) is 45.7 Å². The van der Waals surface area contributed by atoms with Gasteiger partial charge in [0.05, 0.1) is 10.5 Å². The third-order valence-corrected chi connectivity index (χ3v) is 6.08. The second kappa shape index (κ2) is 8.43. The molecule has 0 unspecified atom stereocenters. The van der Waals surface area contributed by atoms with Crippen molar-refractivity contribution in [3.8, 4) is 0 Å². The number of carboxylic acids is 1. The molecular formula is C20H24N2O5S. The Bertz CT molecular complexity index is 1010. The van der Waals surface area contributed by atoms with Crippen LogP contribution in [-0.2, 0) is 10.0 Å². The Labute approximate surface area is 165 Å². The predicted molar refractivity (Wildman–Crippen MR) is 107 cm³/mol. The minimum atomic E-state index is -4.03. The number of aromatic carboxylic acids is 1. The summed E-state index contributed by atoms with van der Waals surface area (Å²) in [5, 5.41) is 9.22. The van der Waals surface area contributed by atoms with Crippen molar-refractivity contribution in [2.45, 2.75) is 32.6 Å². The van der Waals surface area contributed by atoms with Crippen LogP contribution in [0.5, 0.6) is 0 Å². The molecule has 0 aliphatic rings. The number of hydrogen-bond donors (Lipinski definition) is 2. The zero-order valence-corrected chi connectivity index (χ0v) is 17.1. The molecule has 2 aromatic carbocycles. The monoisotopic (exact) mass is 404 g/mol. The molecule has 0 bridgehead atoms. The molecular weight excluding hydrogens is 380 g/mol. The topological polar surface area (TPSA) is 104 Å². The Hall–Kier alpha value is -2.87. The Balaban J connectivity index is 2.42. The van der Waals surface area contributed by atoms with Crippen LogP contribution in [0.25, 0.3) is 0 Å². The molecule has 8 heteroatoms. The zero-order valence-electron chi connectivity index (χ0n) is 16.3. The van der Waals surface area contributed by atoms with E-state index in [1.807, 2.05) is 13.8 Å². The van der Waals surface area contributed by atoms with Crippen molar-refractivity contribution in [3.05, 3.63) is 58.7 Å². The van der Waals surface area contributed by atoms with Crippen LogP contribution in [-0.4, -0.2) is 43.4 Å². The first-order chi connectivity index (χ1) is 13.1. The van der Waals surface area contributed by atoms with Crippen LogP contribution in [0.2, 0.25) is 0 Å². The van der Waals surface area contributed by atoms with Gasteiger partial charge in [-0.15, -0.1) is 0 Å². The molecule has 7 nitrogen and oxygen atoms in total. The number of carbonyl (C=O) groups excluding carboxylic acids is 1. The first-order valence-electron chi connectivity index (χ1n) is 8.87. The van der Waals surface area contributed by atoms with Gasteiger partial charge in [-0.3, -0.25) is 9.52 Å². The first-order valence-corrected chi connectivity index (χ1v) is 10.4. The van der Waals surface area contributed by atoms with Gasteiger partial charge >= 0.3 is 5.97 Å². The zero-order chi connectivity index (χ0) is 21.1. The molecule has 0 spiro atoms. The second-order valence-corrected chi connectivity index (χ2v) is 8.04. The summed E-state index contributed by atoms with van der Waals surface area (Å²) in [4.78, 5) is 25.3. The number of nitrogens with zero attached hydrogens (tertiary/aromatic N) is 1. The van der Waals surface area contributed by atoms with Gasteiger partial charge in [-0.1, -0.05) is 6.07 Å². The lowest BCUT2D eigenvalue weighted by Gasteiger charge is -2.19. The molecule has 150 valence electrons. The van der Waals surface area contributed by atoms with E-state index in [2.05, 4.69) is 4.72 Å². The first kappa shape index (κ1) is 21.4. The summed E-state index contributed by atoms with van der Waals surface area (Å²) in [6.07, 6.45) is 0. The largest absolute Gasteiger partial charge is 0.478 e. The molecule has 0 aliphatic heterocycles. The van der Waals surface area contributed by atoms with Gasteiger partial charge in [-0.2, -0.15) is 0 Å². The lowest BCUT2D eigenvalue weighted by molar-refractivity contribution is 0.0695. The van der Waals surface area contributed by atoms with E-state index >= 15 is 0 Å². The number of hydrogen-bond acceptors (Lipinski definition) is 4. The Morgan fingerprint density at radius 3 is 2.25 bits per heavy atom. The maximum Gasteiger partial charge on any atom is 0.335 e. The maximum atomic E-state index is 12.9. The van der Waals surface area contributed by atoms with Crippen molar-refractivity contribution < 1.29 is 23.1 Å². The van der Waals surface area contributed by atoms with Crippen LogP contribution >= 0.6 is 0 Å². The number of aryl methyl sites for hydroxylation is 1. The maximum absolute atomic E-state index is 12.9. The van der Waals surface area contributed by atoms with E-state index in [1.54, 1.807) is 36.9 Å². The van der Waals surface area contributed by atoms with Crippen LogP contribution in [0, 0.1) is 13.8 Å². The van der Waals surface area contributed by atoms with E-state index in [0.717, 1.165) is 6.07 Å². The molecule has 2 aromatic rings. The minimum absolute atomic E-state index is 0.103. The normalized spacial score (nSPS) is 11.1. The number of sulfonamides is 1. The smallest absolute Gasteiger partial charge is 0.335 e. The summed E-state index contributed by atoms with van der Waals surface area (Å²) in [5.41, 5.74) is 1.53. The average Bonchev–Trinajstić information content (AvgIpc) is 2.64. The number of amides is 1. The van der Waals surface area contributed by atoms with Crippen molar-refractivity contribution in [2.75, 3.05) is 17.8 Å². The summed E-state index contributed by atoms with van der Waals surface area (Å²) >= 11 is 0. The molecule has 0 atom stereocenters. The molecule has 2 N–H and O–H groups in total. The molecule has 0 saturated carbocycles. The highest BCUT2D eigenvalue weighted by molar-refractivity contribution is 7.92. The summed E-state index contributed by atoms with van der Waals surface area (Å²) in [6, 6.07) is 8.80. The molecule has 0 radical (unpaired) electrons. The third-order valence-electron chi connectivity index (χ3n) is 4.57. The van der Waals surface area contributed by atoms with Crippen LogP contribution < -0.4 is 4.72 Å². The molecule has 28 heavy (non-hydrogen) atoms. The highest BCUT2D eigenvalue weighted by Crippen LogP contribution is 2.24. The molecule has 0 heterocycles. The number of nitrogens with one attached hydrogen (secondary N) is 1. The fourth-order valence-electron chi connectivity index (χ4n) is 2.85. The number of carboxylic acid groups (broad SMARTS) is 1. The van der Waals surface area contributed by atoms with Crippen molar-refractivity contribution >= 4 is 27.6 Å². The summed E-state index contributed by atoms with van der Waals surface area (Å²) in [7, 11) is -4.03. The Kier molecular flexibility index (Phi) is 6.45. The van der Waals surface area contributed by atoms with Gasteiger partial charge in [0.15, 0.2) is 0 Å². The second-order valence-electron chi connectivity index (χ2n) is 6.39. The summed E-state index contributed by atoms with van der Waals surface area (Å²) in [5.74, 6) is -1.39. The standard InChI is InChI=1S/C20H24N2O5S/c1-5-22(6-2)19(23)15-8-7-9-17(11-15)21-28(26,27)18-12-16(20(24)25)10-13(3)14(18)4/h7-12,21H,5-6H2,1-4H3,(H,24,25). The lowest BCUT2D eigenvalue weighted by atomic mass is 10.1.